The minimum absolute atomic E-state index is 0.0135. The molecule has 0 saturated carbocycles. The van der Waals surface area contributed by atoms with Gasteiger partial charge in [0, 0.05) is 11.4 Å². The summed E-state index contributed by atoms with van der Waals surface area (Å²) in [5, 5.41) is 18.7. The Kier molecular flexibility index (Phi) is 8.36. The summed E-state index contributed by atoms with van der Waals surface area (Å²) < 4.78 is 47.0. The van der Waals surface area contributed by atoms with Gasteiger partial charge in [-0.2, -0.15) is 13.2 Å². The zero-order valence-corrected chi connectivity index (χ0v) is 17.9. The topological polar surface area (TPSA) is 75.1 Å². The van der Waals surface area contributed by atoms with E-state index in [2.05, 4.69) is 15.6 Å². The molecule has 0 bridgehead atoms. The average molecular weight is 446 g/mol. The van der Waals surface area contributed by atoms with E-state index >= 15 is 0 Å². The van der Waals surface area contributed by atoms with Gasteiger partial charge in [0.05, 0.1) is 20.2 Å². The van der Waals surface area contributed by atoms with Crippen molar-refractivity contribution in [3.8, 4) is 11.5 Å². The third-order valence-corrected chi connectivity index (χ3v) is 5.16. The molecule has 30 heavy (non-hydrogen) atoms. The number of aliphatic hydroxyl groups is 1. The van der Waals surface area contributed by atoms with E-state index in [1.54, 1.807) is 19.1 Å². The molecule has 1 heterocycles. The second kappa shape index (κ2) is 10.5. The van der Waals surface area contributed by atoms with E-state index in [0.717, 1.165) is 10.4 Å². The smallest absolute Gasteiger partial charge is 0.422 e. The van der Waals surface area contributed by atoms with Crippen LogP contribution in [0.5, 0.6) is 11.5 Å². The molecule has 1 unspecified atom stereocenters. The summed E-state index contributed by atoms with van der Waals surface area (Å²) in [6, 6.07) is 8.38. The summed E-state index contributed by atoms with van der Waals surface area (Å²) in [6.45, 7) is 3.39. The fourth-order valence-corrected chi connectivity index (χ4v) is 3.32. The van der Waals surface area contributed by atoms with Gasteiger partial charge < -0.3 is 25.2 Å². The van der Waals surface area contributed by atoms with Crippen LogP contribution in [0.2, 0.25) is 0 Å². The van der Waals surface area contributed by atoms with Crippen LogP contribution in [0.3, 0.4) is 0 Å². The Hall–Kier alpha value is -2.46. The summed E-state index contributed by atoms with van der Waals surface area (Å²) in [4.78, 5) is 5.31. The van der Waals surface area contributed by atoms with E-state index in [-0.39, 0.29) is 24.6 Å². The Labute approximate surface area is 177 Å². The number of alkyl halides is 3. The molecule has 6 nitrogen and oxygen atoms in total. The zero-order valence-electron chi connectivity index (χ0n) is 17.0. The maximum atomic E-state index is 12.4. The molecular formula is C20H26F3N3O3S. The Morgan fingerprint density at radius 1 is 1.20 bits per heavy atom. The molecule has 0 spiro atoms. The van der Waals surface area contributed by atoms with Crippen LogP contribution >= 0.6 is 11.3 Å². The second-order valence-corrected chi connectivity index (χ2v) is 7.64. The molecule has 0 radical (unpaired) electrons. The highest BCUT2D eigenvalue weighted by Crippen LogP contribution is 2.30. The summed E-state index contributed by atoms with van der Waals surface area (Å²) in [7, 11) is 1.36. The number of nitrogens with zero attached hydrogens (tertiary/aromatic N) is 1. The van der Waals surface area contributed by atoms with Crippen LogP contribution in [0, 0.1) is 0 Å². The lowest BCUT2D eigenvalue weighted by atomic mass is 10.1. The first-order valence-electron chi connectivity index (χ1n) is 9.29. The molecule has 0 aliphatic rings. The van der Waals surface area contributed by atoms with Crippen molar-refractivity contribution in [2.45, 2.75) is 32.2 Å². The van der Waals surface area contributed by atoms with E-state index in [1.807, 2.05) is 24.4 Å². The minimum atomic E-state index is -4.43. The van der Waals surface area contributed by atoms with Crippen LogP contribution in [-0.4, -0.2) is 44.0 Å². The standard InChI is InChI=1S/C20H26F3N3O3S/c1-4-24-18(26-12-19(2,27)17-6-5-9-30-17)25-11-14-7-8-15(16(10-14)28-3)29-13-20(21,22)23/h5-10,27H,4,11-13H2,1-3H3,(H2,24,25,26). The molecule has 0 aliphatic carbocycles. The first kappa shape index (κ1) is 23.8. The van der Waals surface area contributed by atoms with Gasteiger partial charge in [-0.15, -0.1) is 11.3 Å². The lowest BCUT2D eigenvalue weighted by molar-refractivity contribution is -0.153. The summed E-state index contributed by atoms with van der Waals surface area (Å²) in [6.07, 6.45) is -4.43. The highest BCUT2D eigenvalue weighted by Gasteiger charge is 2.29. The van der Waals surface area contributed by atoms with Crippen molar-refractivity contribution in [3.05, 3.63) is 46.2 Å². The van der Waals surface area contributed by atoms with E-state index < -0.39 is 18.4 Å². The quantitative estimate of drug-likeness (QED) is 0.406. The number of hydrogen-bond acceptors (Lipinski definition) is 5. The first-order chi connectivity index (χ1) is 14.1. The number of aliphatic imine (C=N–C) groups is 1. The molecule has 1 aromatic heterocycles. The molecule has 10 heteroatoms. The highest BCUT2D eigenvalue weighted by atomic mass is 32.1. The number of hydrogen-bond donors (Lipinski definition) is 3. The molecule has 166 valence electrons. The van der Waals surface area contributed by atoms with Crippen molar-refractivity contribution in [2.24, 2.45) is 4.99 Å². The number of guanidine groups is 1. The molecule has 0 aliphatic heterocycles. The van der Waals surface area contributed by atoms with Crippen molar-refractivity contribution < 1.29 is 27.8 Å². The van der Waals surface area contributed by atoms with Gasteiger partial charge in [-0.3, -0.25) is 0 Å². The van der Waals surface area contributed by atoms with Crippen molar-refractivity contribution in [1.82, 2.24) is 10.6 Å². The molecule has 1 aromatic carbocycles. The van der Waals surface area contributed by atoms with Crippen LogP contribution < -0.4 is 20.1 Å². The van der Waals surface area contributed by atoms with Gasteiger partial charge in [-0.25, -0.2) is 4.99 Å². The Balaban J connectivity index is 2.04. The number of benzene rings is 1. The Morgan fingerprint density at radius 2 is 1.97 bits per heavy atom. The van der Waals surface area contributed by atoms with Crippen molar-refractivity contribution in [2.75, 3.05) is 26.8 Å². The highest BCUT2D eigenvalue weighted by molar-refractivity contribution is 7.10. The summed E-state index contributed by atoms with van der Waals surface area (Å²) in [5.74, 6) is 0.718. The van der Waals surface area contributed by atoms with Crippen molar-refractivity contribution >= 4 is 17.3 Å². The van der Waals surface area contributed by atoms with Crippen molar-refractivity contribution in [1.29, 1.82) is 0 Å². The molecule has 1 atom stereocenters. The Morgan fingerprint density at radius 3 is 2.57 bits per heavy atom. The summed E-state index contributed by atoms with van der Waals surface area (Å²) in [5.41, 5.74) is -0.321. The largest absolute Gasteiger partial charge is 0.493 e. The van der Waals surface area contributed by atoms with Gasteiger partial charge in [0.15, 0.2) is 24.1 Å². The van der Waals surface area contributed by atoms with E-state index in [0.29, 0.717) is 12.5 Å². The van der Waals surface area contributed by atoms with Gasteiger partial charge in [0.25, 0.3) is 0 Å². The first-order valence-corrected chi connectivity index (χ1v) is 10.2. The molecular weight excluding hydrogens is 419 g/mol. The number of rotatable bonds is 9. The van der Waals surface area contributed by atoms with Gasteiger partial charge >= 0.3 is 6.18 Å². The summed E-state index contributed by atoms with van der Waals surface area (Å²) >= 11 is 1.47. The third kappa shape index (κ3) is 7.42. The average Bonchev–Trinajstić information content (AvgIpc) is 3.24. The third-order valence-electron chi connectivity index (χ3n) is 4.04. The van der Waals surface area contributed by atoms with Crippen LogP contribution in [-0.2, 0) is 12.1 Å². The maximum Gasteiger partial charge on any atom is 0.422 e. The molecule has 3 N–H and O–H groups in total. The number of thiophene rings is 1. The second-order valence-electron chi connectivity index (χ2n) is 6.69. The zero-order chi connectivity index (χ0) is 22.2. The fourth-order valence-electron chi connectivity index (χ4n) is 2.53. The van der Waals surface area contributed by atoms with E-state index in [9.17, 15) is 18.3 Å². The number of methoxy groups -OCH3 is 1. The van der Waals surface area contributed by atoms with Crippen LogP contribution in [0.4, 0.5) is 13.2 Å². The van der Waals surface area contributed by atoms with Gasteiger partial charge in [-0.1, -0.05) is 12.1 Å². The lowest BCUT2D eigenvalue weighted by Crippen LogP contribution is -2.44. The van der Waals surface area contributed by atoms with Crippen LogP contribution in [0.25, 0.3) is 0 Å². The maximum absolute atomic E-state index is 12.4. The predicted molar refractivity (Wildman–Crippen MR) is 111 cm³/mol. The van der Waals surface area contributed by atoms with Gasteiger partial charge in [-0.05, 0) is 43.0 Å². The number of halogens is 3. The predicted octanol–water partition coefficient (Wildman–Crippen LogP) is 3.66. The molecule has 0 fully saturated rings. The lowest BCUT2D eigenvalue weighted by Gasteiger charge is -2.23. The molecule has 0 amide bonds. The van der Waals surface area contributed by atoms with E-state index in [4.69, 9.17) is 9.47 Å². The number of nitrogens with one attached hydrogen (secondary N) is 2. The number of ether oxygens (including phenoxy) is 2. The SMILES string of the molecule is CCNC(=NCc1ccc(OCC(F)(F)F)c(OC)c1)NCC(C)(O)c1cccs1. The van der Waals surface area contributed by atoms with Gasteiger partial charge in [0.2, 0.25) is 0 Å². The fraction of sp³-hybridized carbons (Fsp3) is 0.450. The molecule has 2 rings (SSSR count). The van der Waals surface area contributed by atoms with Gasteiger partial charge in [0.1, 0.15) is 5.60 Å². The van der Waals surface area contributed by atoms with Crippen molar-refractivity contribution in [3.63, 3.8) is 0 Å². The van der Waals surface area contributed by atoms with E-state index in [1.165, 1.54) is 24.5 Å². The monoisotopic (exact) mass is 445 g/mol. The molecule has 2 aromatic rings. The minimum Gasteiger partial charge on any atom is -0.493 e. The Bertz CT molecular complexity index is 824. The molecule has 0 saturated heterocycles. The normalized spacial score (nSPS) is 14.2. The van der Waals surface area contributed by atoms with Crippen LogP contribution in [0.1, 0.15) is 24.3 Å². The van der Waals surface area contributed by atoms with Crippen LogP contribution in [0.15, 0.2) is 40.7 Å².